The molecular weight excluding hydrogens is 458 g/mol. The largest absolute Gasteiger partial charge is 0.454 e. The summed E-state index contributed by atoms with van der Waals surface area (Å²) in [4.78, 5) is 22.1. The SMILES string of the molecule is Cn1c(-c2ccc(Cl)cc2)cnc1Sc1ccc(C2c3cn[nH]c3N=C3CCCC(=O)C32)o1. The van der Waals surface area contributed by atoms with Crippen molar-refractivity contribution < 1.29 is 9.21 Å². The minimum atomic E-state index is -0.280. The molecule has 3 aromatic heterocycles. The van der Waals surface area contributed by atoms with Crippen molar-refractivity contribution in [2.45, 2.75) is 35.4 Å². The average molecular weight is 478 g/mol. The number of hydrogen-bond donors (Lipinski definition) is 1. The van der Waals surface area contributed by atoms with E-state index in [2.05, 4.69) is 20.2 Å². The predicted octanol–water partition coefficient (Wildman–Crippen LogP) is 5.80. The highest BCUT2D eigenvalue weighted by molar-refractivity contribution is 7.99. The molecule has 1 fully saturated rings. The second-order valence-electron chi connectivity index (χ2n) is 8.30. The standard InChI is InChI=1S/C24H20ClN5O2S/c1-30-17(13-5-7-14(25)8-6-13)12-26-24(30)33-20-10-9-19(32-20)21-15-11-27-29-23(15)28-16-3-2-4-18(31)22(16)21/h5-12,21-22H,2-4H2,1H3,(H,27,29). The van der Waals surface area contributed by atoms with E-state index in [9.17, 15) is 4.79 Å². The molecule has 2 atom stereocenters. The Morgan fingerprint density at radius 2 is 1.97 bits per heavy atom. The van der Waals surface area contributed by atoms with Crippen LogP contribution in [0.15, 0.2) is 68.5 Å². The summed E-state index contributed by atoms with van der Waals surface area (Å²) in [6.45, 7) is 0. The van der Waals surface area contributed by atoms with E-state index in [1.54, 1.807) is 6.20 Å². The Hall–Kier alpha value is -3.10. The second kappa shape index (κ2) is 8.04. The molecule has 9 heteroatoms. The molecule has 1 saturated carbocycles. The van der Waals surface area contributed by atoms with Gasteiger partial charge in [0.1, 0.15) is 11.5 Å². The van der Waals surface area contributed by atoms with Crippen LogP contribution in [0, 0.1) is 5.92 Å². The van der Waals surface area contributed by atoms with Crippen molar-refractivity contribution in [3.8, 4) is 11.3 Å². The molecular formula is C24H20ClN5O2S. The Labute approximate surface area is 199 Å². The van der Waals surface area contributed by atoms with Gasteiger partial charge in [0.2, 0.25) is 0 Å². The molecule has 1 aromatic carbocycles. The number of nitrogens with one attached hydrogen (secondary N) is 1. The number of hydrogen-bond acceptors (Lipinski definition) is 6. The van der Waals surface area contributed by atoms with Crippen LogP contribution in [0.2, 0.25) is 5.02 Å². The maximum atomic E-state index is 12.9. The molecule has 0 bridgehead atoms. The molecule has 2 unspecified atom stereocenters. The van der Waals surface area contributed by atoms with E-state index < -0.39 is 0 Å². The maximum absolute atomic E-state index is 12.9. The van der Waals surface area contributed by atoms with Gasteiger partial charge >= 0.3 is 0 Å². The Balaban J connectivity index is 1.30. The number of fused-ring (bicyclic) bond motifs is 2. The van der Waals surface area contributed by atoms with Crippen LogP contribution in [0.5, 0.6) is 0 Å². The van der Waals surface area contributed by atoms with Crippen LogP contribution in [0.3, 0.4) is 0 Å². The molecule has 0 saturated heterocycles. The number of carbonyl (C=O) groups is 1. The van der Waals surface area contributed by atoms with Crippen LogP contribution >= 0.6 is 23.4 Å². The molecule has 4 aromatic rings. The first-order valence-corrected chi connectivity index (χ1v) is 12.0. The number of furan rings is 1. The lowest BCUT2D eigenvalue weighted by Gasteiger charge is -2.32. The molecule has 0 amide bonds. The first-order chi connectivity index (χ1) is 16.1. The monoisotopic (exact) mass is 477 g/mol. The average Bonchev–Trinajstić information content (AvgIpc) is 3.55. The quantitative estimate of drug-likeness (QED) is 0.401. The lowest BCUT2D eigenvalue weighted by molar-refractivity contribution is -0.122. The van der Waals surface area contributed by atoms with Gasteiger partial charge in [-0.3, -0.25) is 9.89 Å². The summed E-state index contributed by atoms with van der Waals surface area (Å²) >= 11 is 7.47. The van der Waals surface area contributed by atoms with E-state index in [0.717, 1.165) is 57.2 Å². The fourth-order valence-corrected chi connectivity index (χ4v) is 5.63. The zero-order valence-corrected chi connectivity index (χ0v) is 19.4. The molecule has 1 aliphatic carbocycles. The summed E-state index contributed by atoms with van der Waals surface area (Å²) in [7, 11) is 1.98. The third kappa shape index (κ3) is 3.54. The Morgan fingerprint density at radius 3 is 2.82 bits per heavy atom. The van der Waals surface area contributed by atoms with Crippen LogP contribution in [0.25, 0.3) is 11.3 Å². The number of imidazole rings is 1. The van der Waals surface area contributed by atoms with Crippen molar-refractivity contribution in [1.82, 2.24) is 19.7 Å². The van der Waals surface area contributed by atoms with E-state index in [1.165, 1.54) is 11.8 Å². The highest BCUT2D eigenvalue weighted by atomic mass is 35.5. The lowest BCUT2D eigenvalue weighted by Crippen LogP contribution is -2.36. The summed E-state index contributed by atoms with van der Waals surface area (Å²) in [5.74, 6) is 1.21. The number of benzene rings is 1. The van der Waals surface area contributed by atoms with Gasteiger partial charge in [-0.1, -0.05) is 23.7 Å². The minimum absolute atomic E-state index is 0.209. The number of Topliss-reactive ketones (excluding diaryl/α,β-unsaturated/α-hetero) is 1. The van der Waals surface area contributed by atoms with Gasteiger partial charge in [0.25, 0.3) is 0 Å². The van der Waals surface area contributed by atoms with Gasteiger partial charge in [-0.25, -0.2) is 9.98 Å². The van der Waals surface area contributed by atoms with Crippen LogP contribution in [0.4, 0.5) is 5.82 Å². The highest BCUT2D eigenvalue weighted by Crippen LogP contribution is 2.46. The topological polar surface area (TPSA) is 89.1 Å². The van der Waals surface area contributed by atoms with E-state index in [4.69, 9.17) is 16.0 Å². The van der Waals surface area contributed by atoms with Crippen molar-refractivity contribution >= 4 is 40.7 Å². The Bertz CT molecular complexity index is 1380. The normalized spacial score (nSPS) is 19.8. The number of ketones is 1. The molecule has 0 radical (unpaired) electrons. The van der Waals surface area contributed by atoms with Crippen molar-refractivity contribution in [1.29, 1.82) is 0 Å². The summed E-state index contributed by atoms with van der Waals surface area (Å²) in [6.07, 6.45) is 5.86. The molecule has 166 valence electrons. The van der Waals surface area contributed by atoms with Crippen LogP contribution in [-0.4, -0.2) is 31.2 Å². The summed E-state index contributed by atoms with van der Waals surface area (Å²) in [5.41, 5.74) is 3.87. The summed E-state index contributed by atoms with van der Waals surface area (Å²) in [5, 5.41) is 9.37. The van der Waals surface area contributed by atoms with Crippen LogP contribution < -0.4 is 0 Å². The van der Waals surface area contributed by atoms with Crippen LogP contribution in [0.1, 0.15) is 36.5 Å². The zero-order valence-electron chi connectivity index (χ0n) is 17.8. The maximum Gasteiger partial charge on any atom is 0.176 e. The van der Waals surface area contributed by atoms with Gasteiger partial charge in [-0.15, -0.1) is 0 Å². The molecule has 7 nitrogen and oxygen atoms in total. The third-order valence-electron chi connectivity index (χ3n) is 6.32. The van der Waals surface area contributed by atoms with Gasteiger partial charge in [0.15, 0.2) is 16.1 Å². The Kier molecular flexibility index (Phi) is 4.99. The van der Waals surface area contributed by atoms with E-state index >= 15 is 0 Å². The van der Waals surface area contributed by atoms with E-state index in [-0.39, 0.29) is 17.6 Å². The van der Waals surface area contributed by atoms with E-state index in [0.29, 0.717) is 11.4 Å². The minimum Gasteiger partial charge on any atom is -0.454 e. The van der Waals surface area contributed by atoms with Gasteiger partial charge in [0.05, 0.1) is 29.9 Å². The number of aromatic amines is 1. The first kappa shape index (κ1) is 20.5. The number of nitrogens with zero attached hydrogens (tertiary/aromatic N) is 4. The summed E-state index contributed by atoms with van der Waals surface area (Å²) < 4.78 is 8.31. The smallest absolute Gasteiger partial charge is 0.176 e. The summed E-state index contributed by atoms with van der Waals surface area (Å²) in [6, 6.07) is 11.6. The van der Waals surface area contributed by atoms with Crippen molar-refractivity contribution in [2.75, 3.05) is 0 Å². The molecule has 2 aliphatic rings. The molecule has 1 aliphatic heterocycles. The molecule has 4 heterocycles. The lowest BCUT2D eigenvalue weighted by atomic mass is 9.72. The number of H-pyrrole nitrogens is 1. The van der Waals surface area contributed by atoms with Gasteiger partial charge in [-0.05, 0) is 54.4 Å². The van der Waals surface area contributed by atoms with Crippen molar-refractivity contribution in [2.24, 2.45) is 18.0 Å². The van der Waals surface area contributed by atoms with Crippen LogP contribution in [-0.2, 0) is 11.8 Å². The third-order valence-corrected chi connectivity index (χ3v) is 7.55. The number of halogens is 1. The molecule has 1 N–H and O–H groups in total. The Morgan fingerprint density at radius 1 is 1.12 bits per heavy atom. The fraction of sp³-hybridized carbons (Fsp3) is 0.250. The number of aliphatic imine (C=N–C) groups is 1. The van der Waals surface area contributed by atoms with Crippen molar-refractivity contribution in [3.05, 3.63) is 65.1 Å². The number of carbonyl (C=O) groups excluding carboxylic acids is 1. The number of aromatic nitrogens is 4. The number of rotatable bonds is 4. The second-order valence-corrected chi connectivity index (χ2v) is 9.71. The fourth-order valence-electron chi connectivity index (χ4n) is 4.71. The van der Waals surface area contributed by atoms with Gasteiger partial charge in [0, 0.05) is 29.8 Å². The van der Waals surface area contributed by atoms with Gasteiger partial charge in [-0.2, -0.15) is 5.10 Å². The first-order valence-electron chi connectivity index (χ1n) is 10.8. The van der Waals surface area contributed by atoms with Crippen molar-refractivity contribution in [3.63, 3.8) is 0 Å². The van der Waals surface area contributed by atoms with Gasteiger partial charge < -0.3 is 8.98 Å². The zero-order chi connectivity index (χ0) is 22.5. The molecule has 33 heavy (non-hydrogen) atoms. The molecule has 0 spiro atoms. The van der Waals surface area contributed by atoms with E-state index in [1.807, 2.05) is 54.2 Å². The highest BCUT2D eigenvalue weighted by Gasteiger charge is 2.43. The predicted molar refractivity (Wildman–Crippen MR) is 126 cm³/mol. The molecule has 6 rings (SSSR count).